The number of fused-ring (bicyclic) bond motifs is 1. The normalized spacial score (nSPS) is 11.9. The van der Waals surface area contributed by atoms with Crippen LogP contribution in [0.15, 0.2) is 33.5 Å². The summed E-state index contributed by atoms with van der Waals surface area (Å²) in [5.74, 6) is 0.0307. The first-order valence-corrected chi connectivity index (χ1v) is 6.91. The summed E-state index contributed by atoms with van der Waals surface area (Å²) in [6, 6.07) is 7.59. The Morgan fingerprint density at radius 3 is 2.35 bits per heavy atom. The van der Waals surface area contributed by atoms with Crippen LogP contribution in [0.25, 0.3) is 11.0 Å². The lowest BCUT2D eigenvalue weighted by molar-refractivity contribution is 0.162. The van der Waals surface area contributed by atoms with Gasteiger partial charge in [-0.3, -0.25) is 4.90 Å². The van der Waals surface area contributed by atoms with E-state index in [1.807, 2.05) is 6.07 Å². The first kappa shape index (κ1) is 14.6. The van der Waals surface area contributed by atoms with Crippen molar-refractivity contribution in [2.45, 2.75) is 46.3 Å². The number of benzene rings is 1. The average Bonchev–Trinajstić information content (AvgIpc) is 2.37. The van der Waals surface area contributed by atoms with Crippen LogP contribution < -0.4 is 5.63 Å². The predicted octanol–water partition coefficient (Wildman–Crippen LogP) is 3.12. The van der Waals surface area contributed by atoms with Gasteiger partial charge < -0.3 is 9.52 Å². The zero-order valence-electron chi connectivity index (χ0n) is 12.4. The van der Waals surface area contributed by atoms with E-state index in [9.17, 15) is 9.90 Å². The van der Waals surface area contributed by atoms with Crippen LogP contribution in [0.1, 0.15) is 33.3 Å². The minimum absolute atomic E-state index is 0.0307. The Labute approximate surface area is 118 Å². The molecule has 1 N–H and O–H groups in total. The lowest BCUT2D eigenvalue weighted by Gasteiger charge is -2.30. The van der Waals surface area contributed by atoms with Crippen LogP contribution in [0.3, 0.4) is 0 Å². The van der Waals surface area contributed by atoms with Gasteiger partial charge in [-0.05, 0) is 39.8 Å². The molecule has 0 atom stereocenters. The van der Waals surface area contributed by atoms with E-state index in [0.29, 0.717) is 23.1 Å². The van der Waals surface area contributed by atoms with Crippen molar-refractivity contribution in [1.82, 2.24) is 4.90 Å². The highest BCUT2D eigenvalue weighted by atomic mass is 16.4. The van der Waals surface area contributed by atoms with Gasteiger partial charge in [0.25, 0.3) is 0 Å². The van der Waals surface area contributed by atoms with E-state index in [1.54, 1.807) is 18.2 Å². The molecule has 20 heavy (non-hydrogen) atoms. The standard InChI is InChI=1S/C16H21NO3/c1-10(2)17(11(3)4)9-13-15(18)12-7-5-6-8-14(12)20-16(13)19/h5-8,10-11,18H,9H2,1-4H3. The minimum atomic E-state index is -0.465. The fourth-order valence-corrected chi connectivity index (χ4v) is 2.46. The average molecular weight is 275 g/mol. The van der Waals surface area contributed by atoms with Gasteiger partial charge in [0.05, 0.1) is 10.9 Å². The number of aromatic hydroxyl groups is 1. The van der Waals surface area contributed by atoms with E-state index in [2.05, 4.69) is 32.6 Å². The van der Waals surface area contributed by atoms with Crippen molar-refractivity contribution in [3.8, 4) is 5.75 Å². The molecular formula is C16H21NO3. The summed E-state index contributed by atoms with van der Waals surface area (Å²) in [4.78, 5) is 14.2. The maximum Gasteiger partial charge on any atom is 0.344 e. The van der Waals surface area contributed by atoms with Crippen LogP contribution in [0, 0.1) is 0 Å². The summed E-state index contributed by atoms with van der Waals surface area (Å²) >= 11 is 0. The van der Waals surface area contributed by atoms with Crippen LogP contribution in [0.5, 0.6) is 5.75 Å². The molecule has 1 aromatic heterocycles. The van der Waals surface area contributed by atoms with Gasteiger partial charge in [-0.25, -0.2) is 4.79 Å². The highest BCUT2D eigenvalue weighted by Crippen LogP contribution is 2.27. The van der Waals surface area contributed by atoms with Crippen LogP contribution in [0.4, 0.5) is 0 Å². The molecule has 2 rings (SSSR count). The smallest absolute Gasteiger partial charge is 0.344 e. The van der Waals surface area contributed by atoms with Crippen LogP contribution in [0.2, 0.25) is 0 Å². The van der Waals surface area contributed by atoms with E-state index in [1.165, 1.54) is 0 Å². The molecule has 0 aliphatic heterocycles. The third-order valence-corrected chi connectivity index (χ3v) is 3.54. The molecule has 108 valence electrons. The van der Waals surface area contributed by atoms with Crippen molar-refractivity contribution in [2.75, 3.05) is 0 Å². The van der Waals surface area contributed by atoms with Crippen molar-refractivity contribution < 1.29 is 9.52 Å². The molecule has 4 nitrogen and oxygen atoms in total. The third-order valence-electron chi connectivity index (χ3n) is 3.54. The van der Waals surface area contributed by atoms with Gasteiger partial charge in [-0.15, -0.1) is 0 Å². The quantitative estimate of drug-likeness (QED) is 0.871. The van der Waals surface area contributed by atoms with Crippen LogP contribution in [-0.2, 0) is 6.54 Å². The summed E-state index contributed by atoms with van der Waals surface area (Å²) < 4.78 is 5.29. The Morgan fingerprint density at radius 1 is 1.15 bits per heavy atom. The highest BCUT2D eigenvalue weighted by molar-refractivity contribution is 5.83. The Morgan fingerprint density at radius 2 is 1.75 bits per heavy atom. The van der Waals surface area contributed by atoms with E-state index < -0.39 is 5.63 Å². The van der Waals surface area contributed by atoms with Crippen molar-refractivity contribution >= 4 is 11.0 Å². The van der Waals surface area contributed by atoms with Gasteiger partial charge in [-0.2, -0.15) is 0 Å². The predicted molar refractivity (Wildman–Crippen MR) is 80.0 cm³/mol. The second kappa shape index (κ2) is 5.67. The van der Waals surface area contributed by atoms with Gasteiger partial charge in [0, 0.05) is 18.6 Å². The van der Waals surface area contributed by atoms with E-state index >= 15 is 0 Å². The molecular weight excluding hydrogens is 254 g/mol. The summed E-state index contributed by atoms with van der Waals surface area (Å²) in [6.07, 6.45) is 0. The maximum absolute atomic E-state index is 12.1. The topological polar surface area (TPSA) is 53.7 Å². The third kappa shape index (κ3) is 2.70. The van der Waals surface area contributed by atoms with Gasteiger partial charge in [0.1, 0.15) is 11.3 Å². The molecule has 2 aromatic rings. The Balaban J connectivity index is 2.52. The molecule has 0 unspecified atom stereocenters. The fourth-order valence-electron chi connectivity index (χ4n) is 2.46. The molecule has 1 aromatic carbocycles. The molecule has 1 heterocycles. The zero-order valence-corrected chi connectivity index (χ0v) is 12.4. The largest absolute Gasteiger partial charge is 0.507 e. The lowest BCUT2D eigenvalue weighted by Crippen LogP contribution is -2.37. The first-order chi connectivity index (χ1) is 9.41. The van der Waals surface area contributed by atoms with Gasteiger partial charge in [0.15, 0.2) is 0 Å². The van der Waals surface area contributed by atoms with Crippen LogP contribution in [-0.4, -0.2) is 22.1 Å². The SMILES string of the molecule is CC(C)N(Cc1c(O)c2ccccc2oc1=O)C(C)C. The maximum atomic E-state index is 12.1. The molecule has 0 amide bonds. The number of hydrogen-bond donors (Lipinski definition) is 1. The van der Waals surface area contributed by atoms with E-state index in [4.69, 9.17) is 4.42 Å². The lowest BCUT2D eigenvalue weighted by atomic mass is 10.1. The van der Waals surface area contributed by atoms with Crippen molar-refractivity contribution in [2.24, 2.45) is 0 Å². The molecule has 0 fully saturated rings. The Hall–Kier alpha value is -1.81. The number of hydrogen-bond acceptors (Lipinski definition) is 4. The second-order valence-corrected chi connectivity index (χ2v) is 5.57. The fraction of sp³-hybridized carbons (Fsp3) is 0.438. The summed E-state index contributed by atoms with van der Waals surface area (Å²) in [6.45, 7) is 8.66. The van der Waals surface area contributed by atoms with E-state index in [0.717, 1.165) is 0 Å². The highest BCUT2D eigenvalue weighted by Gasteiger charge is 2.20. The molecule has 0 spiro atoms. The minimum Gasteiger partial charge on any atom is -0.507 e. The second-order valence-electron chi connectivity index (χ2n) is 5.57. The zero-order chi connectivity index (χ0) is 14.9. The van der Waals surface area contributed by atoms with Gasteiger partial charge in [0.2, 0.25) is 0 Å². The van der Waals surface area contributed by atoms with Crippen molar-refractivity contribution in [3.05, 3.63) is 40.2 Å². The Kier molecular flexibility index (Phi) is 4.14. The number of para-hydroxylation sites is 1. The van der Waals surface area contributed by atoms with Crippen LogP contribution >= 0.6 is 0 Å². The molecule has 0 saturated heterocycles. The molecule has 0 bridgehead atoms. The Bertz CT molecular complexity index is 650. The molecule has 0 radical (unpaired) electrons. The van der Waals surface area contributed by atoms with Crippen molar-refractivity contribution in [1.29, 1.82) is 0 Å². The summed E-state index contributed by atoms with van der Waals surface area (Å²) in [5, 5.41) is 10.9. The van der Waals surface area contributed by atoms with E-state index in [-0.39, 0.29) is 17.8 Å². The first-order valence-electron chi connectivity index (χ1n) is 6.91. The monoisotopic (exact) mass is 275 g/mol. The number of rotatable bonds is 4. The molecule has 0 aliphatic rings. The summed E-state index contributed by atoms with van der Waals surface area (Å²) in [5.41, 5.74) is 0.276. The molecule has 0 saturated carbocycles. The number of nitrogens with zero attached hydrogens (tertiary/aromatic N) is 1. The van der Waals surface area contributed by atoms with Gasteiger partial charge >= 0.3 is 5.63 Å². The summed E-state index contributed by atoms with van der Waals surface area (Å²) in [7, 11) is 0. The van der Waals surface area contributed by atoms with Gasteiger partial charge in [-0.1, -0.05) is 12.1 Å². The molecule has 4 heteroatoms. The van der Waals surface area contributed by atoms with Crippen molar-refractivity contribution in [3.63, 3.8) is 0 Å². The molecule has 0 aliphatic carbocycles.